The fourth-order valence-electron chi connectivity index (χ4n) is 2.20. The van der Waals surface area contributed by atoms with Crippen LogP contribution in [0.2, 0.25) is 10.0 Å². The molecule has 0 fully saturated rings. The van der Waals surface area contributed by atoms with Gasteiger partial charge in [0, 0.05) is 5.02 Å². The van der Waals surface area contributed by atoms with Gasteiger partial charge in [0.1, 0.15) is 17.0 Å². The number of carbonyl (C=O) groups excluding carboxylic acids is 1. The Bertz CT molecular complexity index is 946. The maximum Gasteiger partial charge on any atom is 0.325 e. The number of amides is 2. The zero-order valence-electron chi connectivity index (χ0n) is 13.2. The largest absolute Gasteiger partial charge is 0.495 e. The zero-order valence-corrected chi connectivity index (χ0v) is 15.6. The van der Waals surface area contributed by atoms with Crippen molar-refractivity contribution in [3.8, 4) is 11.5 Å². The quantitative estimate of drug-likeness (QED) is 0.629. The zero-order chi connectivity index (χ0) is 18.0. The number of ether oxygens (including phenoxy) is 2. The fraction of sp³-hybridized carbons (Fsp3) is 0.125. The molecule has 1 aromatic heterocycles. The van der Waals surface area contributed by atoms with Crippen LogP contribution in [0.25, 0.3) is 10.2 Å². The molecule has 0 unspecified atom stereocenters. The molecular formula is C16H13Cl2N3O3S. The van der Waals surface area contributed by atoms with Crippen LogP contribution in [0.5, 0.6) is 11.5 Å². The van der Waals surface area contributed by atoms with Crippen LogP contribution in [0.1, 0.15) is 0 Å². The van der Waals surface area contributed by atoms with E-state index in [1.54, 1.807) is 37.4 Å². The number of benzene rings is 2. The summed E-state index contributed by atoms with van der Waals surface area (Å²) in [5, 5.41) is 6.76. The van der Waals surface area contributed by atoms with E-state index in [4.69, 9.17) is 32.7 Å². The minimum atomic E-state index is -0.477. The first-order valence-corrected chi connectivity index (χ1v) is 8.63. The Morgan fingerprint density at radius 1 is 1.08 bits per heavy atom. The van der Waals surface area contributed by atoms with E-state index in [1.165, 1.54) is 18.4 Å². The van der Waals surface area contributed by atoms with Gasteiger partial charge in [0.05, 0.1) is 29.6 Å². The van der Waals surface area contributed by atoms with E-state index < -0.39 is 6.03 Å². The van der Waals surface area contributed by atoms with Crippen molar-refractivity contribution in [3.05, 3.63) is 40.4 Å². The first-order chi connectivity index (χ1) is 12.0. The molecule has 2 N–H and O–H groups in total. The average molecular weight is 398 g/mol. The lowest BCUT2D eigenvalue weighted by Crippen LogP contribution is -2.19. The van der Waals surface area contributed by atoms with Gasteiger partial charge in [-0.1, -0.05) is 34.5 Å². The SMILES string of the molecule is COc1ccc(Cl)cc1NC(=O)Nc1nc2c(OC)ccc(Cl)c2s1. The maximum absolute atomic E-state index is 12.3. The minimum absolute atomic E-state index is 0.389. The smallest absolute Gasteiger partial charge is 0.325 e. The summed E-state index contributed by atoms with van der Waals surface area (Å²) in [6.45, 7) is 0. The predicted octanol–water partition coefficient (Wildman–Crippen LogP) is 5.26. The molecule has 0 bridgehead atoms. The molecule has 0 saturated carbocycles. The van der Waals surface area contributed by atoms with E-state index in [9.17, 15) is 4.79 Å². The summed E-state index contributed by atoms with van der Waals surface area (Å²) in [7, 11) is 3.06. The summed E-state index contributed by atoms with van der Waals surface area (Å²) < 4.78 is 11.2. The molecule has 130 valence electrons. The molecule has 0 saturated heterocycles. The van der Waals surface area contributed by atoms with Crippen LogP contribution in [0.4, 0.5) is 15.6 Å². The Morgan fingerprint density at radius 2 is 1.80 bits per heavy atom. The van der Waals surface area contributed by atoms with Gasteiger partial charge in [0.25, 0.3) is 0 Å². The normalized spacial score (nSPS) is 10.6. The van der Waals surface area contributed by atoms with Crippen LogP contribution in [0, 0.1) is 0 Å². The number of aromatic nitrogens is 1. The topological polar surface area (TPSA) is 72.5 Å². The molecule has 0 spiro atoms. The van der Waals surface area contributed by atoms with Gasteiger partial charge in [-0.15, -0.1) is 0 Å². The highest BCUT2D eigenvalue weighted by Crippen LogP contribution is 2.37. The van der Waals surface area contributed by atoms with E-state index in [1.807, 2.05) is 0 Å². The summed E-state index contributed by atoms with van der Waals surface area (Å²) >= 11 is 13.4. The number of thiazole rings is 1. The molecule has 3 aromatic rings. The molecular weight excluding hydrogens is 385 g/mol. The summed E-state index contributed by atoms with van der Waals surface area (Å²) in [4.78, 5) is 16.6. The van der Waals surface area contributed by atoms with Crippen LogP contribution in [0.15, 0.2) is 30.3 Å². The van der Waals surface area contributed by atoms with E-state index in [2.05, 4.69) is 15.6 Å². The number of urea groups is 1. The second kappa shape index (κ2) is 7.35. The van der Waals surface area contributed by atoms with Crippen LogP contribution in [0.3, 0.4) is 0 Å². The van der Waals surface area contributed by atoms with Crippen molar-refractivity contribution in [2.24, 2.45) is 0 Å². The Balaban J connectivity index is 1.83. The third-order valence-electron chi connectivity index (χ3n) is 3.31. The Labute approximate surface area is 157 Å². The van der Waals surface area contributed by atoms with Crippen molar-refractivity contribution >= 4 is 61.6 Å². The molecule has 3 rings (SSSR count). The summed E-state index contributed by atoms with van der Waals surface area (Å²) in [5.41, 5.74) is 1.04. The highest BCUT2D eigenvalue weighted by Gasteiger charge is 2.15. The fourth-order valence-corrected chi connectivity index (χ4v) is 3.52. The van der Waals surface area contributed by atoms with E-state index in [0.29, 0.717) is 37.9 Å². The molecule has 0 atom stereocenters. The molecule has 0 aliphatic rings. The molecule has 2 aromatic carbocycles. The van der Waals surface area contributed by atoms with Gasteiger partial charge in [0.2, 0.25) is 0 Å². The van der Waals surface area contributed by atoms with Gasteiger partial charge in [0.15, 0.2) is 5.13 Å². The highest BCUT2D eigenvalue weighted by atomic mass is 35.5. The monoisotopic (exact) mass is 397 g/mol. The Morgan fingerprint density at radius 3 is 2.52 bits per heavy atom. The third kappa shape index (κ3) is 3.73. The first-order valence-electron chi connectivity index (χ1n) is 7.06. The van der Waals surface area contributed by atoms with Crippen molar-refractivity contribution in [2.45, 2.75) is 0 Å². The Kier molecular flexibility index (Phi) is 5.17. The lowest BCUT2D eigenvalue weighted by molar-refractivity contribution is 0.262. The van der Waals surface area contributed by atoms with Crippen LogP contribution in [-0.2, 0) is 0 Å². The number of hydrogen-bond donors (Lipinski definition) is 2. The van der Waals surface area contributed by atoms with Gasteiger partial charge in [-0.3, -0.25) is 5.32 Å². The molecule has 0 radical (unpaired) electrons. The van der Waals surface area contributed by atoms with Crippen molar-refractivity contribution < 1.29 is 14.3 Å². The van der Waals surface area contributed by atoms with Gasteiger partial charge >= 0.3 is 6.03 Å². The number of nitrogens with one attached hydrogen (secondary N) is 2. The van der Waals surface area contributed by atoms with Crippen LogP contribution in [-0.4, -0.2) is 25.2 Å². The van der Waals surface area contributed by atoms with E-state index in [-0.39, 0.29) is 0 Å². The lowest BCUT2D eigenvalue weighted by atomic mass is 10.3. The number of methoxy groups -OCH3 is 2. The number of hydrogen-bond acceptors (Lipinski definition) is 5. The molecule has 0 aliphatic heterocycles. The van der Waals surface area contributed by atoms with Crippen LogP contribution >= 0.6 is 34.5 Å². The summed E-state index contributed by atoms with van der Waals surface area (Å²) in [6, 6.07) is 7.91. The van der Waals surface area contributed by atoms with Crippen LogP contribution < -0.4 is 20.1 Å². The van der Waals surface area contributed by atoms with Crippen molar-refractivity contribution in [2.75, 3.05) is 24.9 Å². The average Bonchev–Trinajstić information content (AvgIpc) is 3.00. The second-order valence-corrected chi connectivity index (χ2v) is 6.71. The van der Waals surface area contributed by atoms with Crippen molar-refractivity contribution in [3.63, 3.8) is 0 Å². The van der Waals surface area contributed by atoms with Crippen molar-refractivity contribution in [1.82, 2.24) is 4.98 Å². The van der Waals surface area contributed by atoms with Gasteiger partial charge in [-0.05, 0) is 30.3 Å². The van der Waals surface area contributed by atoms with Gasteiger partial charge < -0.3 is 14.8 Å². The summed E-state index contributed by atoms with van der Waals surface area (Å²) in [5.74, 6) is 1.08. The number of anilines is 2. The Hall–Kier alpha value is -2.22. The highest BCUT2D eigenvalue weighted by molar-refractivity contribution is 7.23. The molecule has 1 heterocycles. The molecule has 25 heavy (non-hydrogen) atoms. The molecule has 2 amide bonds. The summed E-state index contributed by atoms with van der Waals surface area (Å²) in [6.07, 6.45) is 0. The number of rotatable bonds is 4. The lowest BCUT2D eigenvalue weighted by Gasteiger charge is -2.10. The maximum atomic E-state index is 12.3. The number of carbonyl (C=O) groups is 1. The second-order valence-electron chi connectivity index (χ2n) is 4.87. The van der Waals surface area contributed by atoms with E-state index in [0.717, 1.165) is 4.70 Å². The standard InChI is InChI=1S/C16H13Cl2N3O3S/c1-23-11-5-3-8(17)7-10(11)19-15(22)21-16-20-13-12(24-2)6-4-9(18)14(13)25-16/h3-7H,1-2H3,(H2,19,20,21,22). The van der Waals surface area contributed by atoms with Gasteiger partial charge in [-0.25, -0.2) is 9.78 Å². The number of fused-ring (bicyclic) bond motifs is 1. The number of nitrogens with zero attached hydrogens (tertiary/aromatic N) is 1. The molecule has 0 aliphatic carbocycles. The third-order valence-corrected chi connectivity index (χ3v) is 4.97. The molecule has 6 nitrogen and oxygen atoms in total. The predicted molar refractivity (Wildman–Crippen MR) is 102 cm³/mol. The minimum Gasteiger partial charge on any atom is -0.495 e. The van der Waals surface area contributed by atoms with Gasteiger partial charge in [-0.2, -0.15) is 0 Å². The number of halogens is 2. The van der Waals surface area contributed by atoms with E-state index >= 15 is 0 Å². The molecule has 9 heteroatoms. The van der Waals surface area contributed by atoms with Crippen molar-refractivity contribution in [1.29, 1.82) is 0 Å². The first kappa shape index (κ1) is 17.6.